The van der Waals surface area contributed by atoms with Gasteiger partial charge < -0.3 is 4.90 Å². The summed E-state index contributed by atoms with van der Waals surface area (Å²) in [4.78, 5) is 15.9. The van der Waals surface area contributed by atoms with Crippen molar-refractivity contribution in [2.45, 2.75) is 38.0 Å². The van der Waals surface area contributed by atoms with Crippen molar-refractivity contribution in [1.82, 2.24) is 9.80 Å². The number of amides is 1. The third kappa shape index (κ3) is 4.51. The van der Waals surface area contributed by atoms with Crippen LogP contribution in [0, 0.1) is 11.3 Å². The molecule has 1 heterocycles. The molecule has 2 unspecified atom stereocenters. The van der Waals surface area contributed by atoms with Crippen LogP contribution in [0.2, 0.25) is 0 Å². The minimum absolute atomic E-state index is 0.142. The Morgan fingerprint density at radius 2 is 2.28 bits per heavy atom. The minimum Gasteiger partial charge on any atom is -0.345 e. The Balaban J connectivity index is 2.31. The lowest BCUT2D eigenvalue weighted by Crippen LogP contribution is -2.46. The molecule has 0 spiro atoms. The third-order valence-corrected chi connectivity index (χ3v) is 4.95. The number of nitrogens with zero attached hydrogens (tertiary/aromatic N) is 3. The Kier molecular flexibility index (Phi) is 6.51. The molecule has 1 aliphatic rings. The highest BCUT2D eigenvalue weighted by Crippen LogP contribution is 2.24. The van der Waals surface area contributed by atoms with Crippen LogP contribution in [0.15, 0.2) is 0 Å². The lowest BCUT2D eigenvalue weighted by Gasteiger charge is -2.37. The van der Waals surface area contributed by atoms with Crippen molar-refractivity contribution in [3.05, 3.63) is 0 Å². The van der Waals surface area contributed by atoms with Crippen LogP contribution in [0.5, 0.6) is 0 Å². The molecule has 0 aromatic rings. The zero-order valence-electron chi connectivity index (χ0n) is 11.6. The van der Waals surface area contributed by atoms with Crippen LogP contribution in [-0.2, 0) is 4.79 Å². The van der Waals surface area contributed by atoms with Gasteiger partial charge in [-0.3, -0.25) is 9.69 Å². The van der Waals surface area contributed by atoms with Crippen molar-refractivity contribution in [3.63, 3.8) is 0 Å². The highest BCUT2D eigenvalue weighted by Gasteiger charge is 2.25. The predicted octanol–water partition coefficient (Wildman–Crippen LogP) is 1.57. The molecule has 18 heavy (non-hydrogen) atoms. The summed E-state index contributed by atoms with van der Waals surface area (Å²) in [5.74, 6) is 1.30. The molecular weight excluding hydrogens is 246 g/mol. The number of nitriles is 1. The van der Waals surface area contributed by atoms with Gasteiger partial charge in [-0.25, -0.2) is 0 Å². The quantitative estimate of drug-likeness (QED) is 0.760. The fourth-order valence-corrected chi connectivity index (χ4v) is 3.25. The summed E-state index contributed by atoms with van der Waals surface area (Å²) in [5, 5.41) is 9.14. The zero-order valence-corrected chi connectivity index (χ0v) is 12.4. The second kappa shape index (κ2) is 7.65. The fourth-order valence-electron chi connectivity index (χ4n) is 2.08. The second-order valence-corrected chi connectivity index (χ2v) is 6.31. The maximum Gasteiger partial charge on any atom is 0.223 e. The van der Waals surface area contributed by atoms with Crippen molar-refractivity contribution in [2.24, 2.45) is 0 Å². The van der Waals surface area contributed by atoms with Gasteiger partial charge in [0, 0.05) is 50.1 Å². The van der Waals surface area contributed by atoms with Crippen LogP contribution >= 0.6 is 11.8 Å². The summed E-state index contributed by atoms with van der Waals surface area (Å²) in [5.41, 5.74) is 0. The van der Waals surface area contributed by atoms with Crippen LogP contribution in [0.1, 0.15) is 26.7 Å². The minimum atomic E-state index is 0.142. The normalized spacial score (nSPS) is 24.6. The molecule has 0 saturated carbocycles. The number of carbonyl (C=O) groups is 1. The molecule has 0 aromatic carbocycles. The van der Waals surface area contributed by atoms with Crippen LogP contribution in [0.25, 0.3) is 0 Å². The molecule has 102 valence electrons. The Hall–Kier alpha value is -0.730. The van der Waals surface area contributed by atoms with E-state index in [0.717, 1.165) is 18.8 Å². The first-order valence-electron chi connectivity index (χ1n) is 6.52. The number of hydrogen-bond donors (Lipinski definition) is 0. The molecule has 1 aliphatic heterocycles. The van der Waals surface area contributed by atoms with Crippen LogP contribution < -0.4 is 0 Å². The molecule has 4 nitrogen and oxygen atoms in total. The van der Waals surface area contributed by atoms with E-state index in [1.165, 1.54) is 0 Å². The average molecular weight is 269 g/mol. The second-order valence-electron chi connectivity index (χ2n) is 4.83. The molecule has 0 aliphatic carbocycles. The van der Waals surface area contributed by atoms with E-state index >= 15 is 0 Å². The van der Waals surface area contributed by atoms with Gasteiger partial charge in [-0.1, -0.05) is 6.92 Å². The van der Waals surface area contributed by atoms with E-state index in [2.05, 4.69) is 24.8 Å². The molecule has 1 saturated heterocycles. The standard InChI is InChI=1S/C13H23N3OS/c1-11-12(2)18-10-9-16(11)8-5-13(17)15(3)7-4-6-14/h11-12H,4-5,7-10H2,1-3H3. The molecule has 0 aromatic heterocycles. The Labute approximate surface area is 114 Å². The van der Waals surface area contributed by atoms with Crippen molar-refractivity contribution >= 4 is 17.7 Å². The lowest BCUT2D eigenvalue weighted by molar-refractivity contribution is -0.130. The summed E-state index contributed by atoms with van der Waals surface area (Å²) in [6.07, 6.45) is 0.972. The Morgan fingerprint density at radius 1 is 1.56 bits per heavy atom. The first-order chi connectivity index (χ1) is 8.56. The first kappa shape index (κ1) is 15.3. The van der Waals surface area contributed by atoms with Crippen molar-refractivity contribution in [3.8, 4) is 6.07 Å². The zero-order chi connectivity index (χ0) is 13.5. The molecule has 5 heteroatoms. The van der Waals surface area contributed by atoms with E-state index in [9.17, 15) is 4.79 Å². The fraction of sp³-hybridized carbons (Fsp3) is 0.846. The van der Waals surface area contributed by atoms with E-state index in [-0.39, 0.29) is 5.91 Å². The van der Waals surface area contributed by atoms with E-state index in [4.69, 9.17) is 5.26 Å². The maximum absolute atomic E-state index is 11.9. The van der Waals surface area contributed by atoms with Gasteiger partial charge in [-0.05, 0) is 6.92 Å². The van der Waals surface area contributed by atoms with Gasteiger partial charge in [0.1, 0.15) is 0 Å². The summed E-state index contributed by atoms with van der Waals surface area (Å²) in [6.45, 7) is 6.94. The van der Waals surface area contributed by atoms with Gasteiger partial charge in [-0.15, -0.1) is 0 Å². The molecule has 0 radical (unpaired) electrons. The Morgan fingerprint density at radius 3 is 2.94 bits per heavy atom. The number of rotatable bonds is 5. The largest absolute Gasteiger partial charge is 0.345 e. The Bertz CT molecular complexity index is 316. The highest BCUT2D eigenvalue weighted by atomic mass is 32.2. The highest BCUT2D eigenvalue weighted by molar-refractivity contribution is 8.00. The summed E-state index contributed by atoms with van der Waals surface area (Å²) < 4.78 is 0. The first-order valence-corrected chi connectivity index (χ1v) is 7.57. The van der Waals surface area contributed by atoms with Crippen molar-refractivity contribution in [1.29, 1.82) is 5.26 Å². The van der Waals surface area contributed by atoms with Crippen molar-refractivity contribution < 1.29 is 4.79 Å². The maximum atomic E-state index is 11.9. The van der Waals surface area contributed by atoms with Crippen LogP contribution in [-0.4, -0.2) is 59.4 Å². The molecule has 0 N–H and O–H groups in total. The van der Waals surface area contributed by atoms with E-state index in [0.29, 0.717) is 30.7 Å². The molecular formula is C13H23N3OS. The predicted molar refractivity (Wildman–Crippen MR) is 75.4 cm³/mol. The average Bonchev–Trinajstić information content (AvgIpc) is 2.37. The van der Waals surface area contributed by atoms with Crippen molar-refractivity contribution in [2.75, 3.05) is 32.4 Å². The lowest BCUT2D eigenvalue weighted by atomic mass is 10.2. The molecule has 1 rings (SSSR count). The number of carbonyl (C=O) groups excluding carboxylic acids is 1. The monoisotopic (exact) mass is 269 g/mol. The van der Waals surface area contributed by atoms with Crippen LogP contribution in [0.4, 0.5) is 0 Å². The van der Waals surface area contributed by atoms with Gasteiger partial charge in [0.05, 0.1) is 12.5 Å². The van der Waals surface area contributed by atoms with Gasteiger partial charge in [0.2, 0.25) is 5.91 Å². The molecule has 0 bridgehead atoms. The summed E-state index contributed by atoms with van der Waals surface area (Å²) in [6, 6.07) is 2.61. The van der Waals surface area contributed by atoms with Crippen LogP contribution in [0.3, 0.4) is 0 Å². The van der Waals surface area contributed by atoms with E-state index < -0.39 is 0 Å². The van der Waals surface area contributed by atoms with Gasteiger partial charge in [0.15, 0.2) is 0 Å². The SMILES string of the molecule is CC1SCCN(CCC(=O)N(C)CCC#N)C1C. The van der Waals surface area contributed by atoms with Gasteiger partial charge >= 0.3 is 0 Å². The summed E-state index contributed by atoms with van der Waals surface area (Å²) in [7, 11) is 1.78. The van der Waals surface area contributed by atoms with E-state index in [1.54, 1.807) is 11.9 Å². The van der Waals surface area contributed by atoms with Gasteiger partial charge in [0.25, 0.3) is 0 Å². The van der Waals surface area contributed by atoms with E-state index in [1.807, 2.05) is 11.8 Å². The number of thioether (sulfide) groups is 1. The topological polar surface area (TPSA) is 47.3 Å². The number of hydrogen-bond acceptors (Lipinski definition) is 4. The molecule has 1 amide bonds. The van der Waals surface area contributed by atoms with Gasteiger partial charge in [-0.2, -0.15) is 17.0 Å². The molecule has 2 atom stereocenters. The third-order valence-electron chi connectivity index (χ3n) is 3.61. The molecule has 1 fully saturated rings. The smallest absolute Gasteiger partial charge is 0.223 e. The summed E-state index contributed by atoms with van der Waals surface area (Å²) >= 11 is 2.01.